The zero-order valence-corrected chi connectivity index (χ0v) is 10.4. The number of nitrogens with two attached hydrogens (primary N) is 2. The Balaban J connectivity index is 2.15. The maximum absolute atomic E-state index is 6.19. The number of benzene rings is 1. The van der Waals surface area contributed by atoms with E-state index in [4.69, 9.17) is 20.9 Å². The maximum Gasteiger partial charge on any atom is 0.231 e. The minimum atomic E-state index is 0.00972. The zero-order valence-electron chi connectivity index (χ0n) is 10.4. The Morgan fingerprint density at radius 1 is 1.18 bits per heavy atom. The summed E-state index contributed by atoms with van der Waals surface area (Å²) >= 11 is 0. The van der Waals surface area contributed by atoms with Gasteiger partial charge >= 0.3 is 0 Å². The van der Waals surface area contributed by atoms with Gasteiger partial charge in [0.05, 0.1) is 0 Å². The van der Waals surface area contributed by atoms with E-state index in [1.165, 1.54) is 0 Å². The van der Waals surface area contributed by atoms with Gasteiger partial charge in [-0.25, -0.2) is 0 Å². The Kier molecular flexibility index (Phi) is 3.54. The van der Waals surface area contributed by atoms with Crippen molar-refractivity contribution in [3.05, 3.63) is 23.3 Å². The fourth-order valence-corrected chi connectivity index (χ4v) is 2.06. The average molecular weight is 236 g/mol. The second-order valence-electron chi connectivity index (χ2n) is 4.72. The highest BCUT2D eigenvalue weighted by atomic mass is 16.7. The van der Waals surface area contributed by atoms with Gasteiger partial charge in [0.15, 0.2) is 11.5 Å². The number of rotatable bonds is 4. The summed E-state index contributed by atoms with van der Waals surface area (Å²) in [5.41, 5.74) is 14.2. The summed E-state index contributed by atoms with van der Waals surface area (Å²) in [6, 6.07) is 4.18. The van der Waals surface area contributed by atoms with Gasteiger partial charge in [-0.1, -0.05) is 0 Å². The molecule has 0 aromatic heterocycles. The van der Waals surface area contributed by atoms with Crippen LogP contribution in [0.3, 0.4) is 0 Å². The first-order valence-corrected chi connectivity index (χ1v) is 5.99. The SMILES string of the molecule is Cc1cc2c(cc1C(N)CCC(C)N)OCO2. The third kappa shape index (κ3) is 2.70. The molecule has 1 heterocycles. The van der Waals surface area contributed by atoms with Crippen LogP contribution in [0.5, 0.6) is 11.5 Å². The summed E-state index contributed by atoms with van der Waals surface area (Å²) in [5, 5.41) is 0. The molecule has 4 heteroatoms. The fourth-order valence-electron chi connectivity index (χ4n) is 2.06. The standard InChI is InChI=1S/C13H20N2O2/c1-8-5-12-13(17-7-16-12)6-10(8)11(15)4-3-9(2)14/h5-6,9,11H,3-4,7,14-15H2,1-2H3. The molecular weight excluding hydrogens is 216 g/mol. The lowest BCUT2D eigenvalue weighted by Crippen LogP contribution is -2.19. The molecule has 94 valence electrons. The van der Waals surface area contributed by atoms with Gasteiger partial charge in [0, 0.05) is 12.1 Å². The van der Waals surface area contributed by atoms with Crippen molar-refractivity contribution in [1.29, 1.82) is 0 Å². The normalized spacial score (nSPS) is 16.9. The van der Waals surface area contributed by atoms with Crippen molar-refractivity contribution in [3.8, 4) is 11.5 Å². The van der Waals surface area contributed by atoms with E-state index in [1.54, 1.807) is 0 Å². The molecule has 0 aliphatic carbocycles. The molecule has 0 bridgehead atoms. The van der Waals surface area contributed by atoms with Gasteiger partial charge < -0.3 is 20.9 Å². The van der Waals surface area contributed by atoms with Crippen LogP contribution in [0, 0.1) is 6.92 Å². The van der Waals surface area contributed by atoms with Crippen molar-refractivity contribution in [2.75, 3.05) is 6.79 Å². The largest absolute Gasteiger partial charge is 0.454 e. The van der Waals surface area contributed by atoms with E-state index in [2.05, 4.69) is 0 Å². The smallest absolute Gasteiger partial charge is 0.231 e. The minimum absolute atomic E-state index is 0.00972. The van der Waals surface area contributed by atoms with Gasteiger partial charge in [0.25, 0.3) is 0 Å². The molecule has 2 atom stereocenters. The second-order valence-corrected chi connectivity index (χ2v) is 4.72. The van der Waals surface area contributed by atoms with Gasteiger partial charge in [-0.15, -0.1) is 0 Å². The molecule has 2 rings (SSSR count). The van der Waals surface area contributed by atoms with Gasteiger partial charge in [0.2, 0.25) is 6.79 Å². The van der Waals surface area contributed by atoms with Crippen molar-refractivity contribution in [1.82, 2.24) is 0 Å². The van der Waals surface area contributed by atoms with Crippen LogP contribution >= 0.6 is 0 Å². The molecule has 1 aliphatic heterocycles. The lowest BCUT2D eigenvalue weighted by molar-refractivity contribution is 0.174. The molecule has 0 radical (unpaired) electrons. The molecule has 0 amide bonds. The lowest BCUT2D eigenvalue weighted by Gasteiger charge is -2.16. The summed E-state index contributed by atoms with van der Waals surface area (Å²) < 4.78 is 10.7. The van der Waals surface area contributed by atoms with Gasteiger partial charge in [-0.3, -0.25) is 0 Å². The van der Waals surface area contributed by atoms with E-state index in [0.717, 1.165) is 35.5 Å². The predicted octanol–water partition coefficient (Wildman–Crippen LogP) is 1.85. The van der Waals surface area contributed by atoms with Crippen LogP contribution in [0.2, 0.25) is 0 Å². The topological polar surface area (TPSA) is 70.5 Å². The van der Waals surface area contributed by atoms with E-state index in [-0.39, 0.29) is 12.1 Å². The fraction of sp³-hybridized carbons (Fsp3) is 0.538. The lowest BCUT2D eigenvalue weighted by atomic mass is 9.96. The molecule has 1 aliphatic rings. The van der Waals surface area contributed by atoms with Crippen LogP contribution in [0.4, 0.5) is 0 Å². The van der Waals surface area contributed by atoms with E-state index >= 15 is 0 Å². The summed E-state index contributed by atoms with van der Waals surface area (Å²) in [5.74, 6) is 1.60. The Bertz CT molecular complexity index is 405. The highest BCUT2D eigenvalue weighted by Gasteiger charge is 2.18. The minimum Gasteiger partial charge on any atom is -0.454 e. The first-order chi connectivity index (χ1) is 8.08. The molecule has 1 aromatic carbocycles. The van der Waals surface area contributed by atoms with Crippen molar-refractivity contribution in [2.45, 2.75) is 38.8 Å². The van der Waals surface area contributed by atoms with Crippen molar-refractivity contribution in [3.63, 3.8) is 0 Å². The number of ether oxygens (including phenoxy) is 2. The molecule has 0 saturated carbocycles. The summed E-state index contributed by atoms with van der Waals surface area (Å²) in [6.45, 7) is 4.34. The Labute approximate surface area is 102 Å². The molecule has 4 nitrogen and oxygen atoms in total. The van der Waals surface area contributed by atoms with Crippen LogP contribution < -0.4 is 20.9 Å². The molecule has 0 fully saturated rings. The van der Waals surface area contributed by atoms with Crippen LogP contribution in [0.25, 0.3) is 0 Å². The number of hydrogen-bond acceptors (Lipinski definition) is 4. The summed E-state index contributed by atoms with van der Waals surface area (Å²) in [7, 11) is 0. The number of aryl methyl sites for hydroxylation is 1. The van der Waals surface area contributed by atoms with Crippen LogP contribution in [-0.2, 0) is 0 Å². The number of hydrogen-bond donors (Lipinski definition) is 2. The highest BCUT2D eigenvalue weighted by Crippen LogP contribution is 2.36. The van der Waals surface area contributed by atoms with Crippen molar-refractivity contribution in [2.24, 2.45) is 11.5 Å². The summed E-state index contributed by atoms with van der Waals surface area (Å²) in [4.78, 5) is 0. The van der Waals surface area contributed by atoms with Gasteiger partial charge in [-0.2, -0.15) is 0 Å². The predicted molar refractivity (Wildman–Crippen MR) is 67.1 cm³/mol. The Morgan fingerprint density at radius 2 is 1.82 bits per heavy atom. The maximum atomic E-state index is 6.19. The zero-order chi connectivity index (χ0) is 12.4. The van der Waals surface area contributed by atoms with E-state index in [0.29, 0.717) is 6.79 Å². The Morgan fingerprint density at radius 3 is 2.47 bits per heavy atom. The highest BCUT2D eigenvalue weighted by molar-refractivity contribution is 5.49. The van der Waals surface area contributed by atoms with E-state index in [1.807, 2.05) is 26.0 Å². The van der Waals surface area contributed by atoms with Crippen LogP contribution in [-0.4, -0.2) is 12.8 Å². The molecule has 4 N–H and O–H groups in total. The monoisotopic (exact) mass is 236 g/mol. The van der Waals surface area contributed by atoms with Gasteiger partial charge in [0.1, 0.15) is 0 Å². The molecule has 17 heavy (non-hydrogen) atoms. The molecule has 2 unspecified atom stereocenters. The van der Waals surface area contributed by atoms with E-state index in [9.17, 15) is 0 Å². The third-order valence-electron chi connectivity index (χ3n) is 3.09. The number of fused-ring (bicyclic) bond motifs is 1. The first kappa shape index (κ1) is 12.2. The molecule has 1 aromatic rings. The third-order valence-corrected chi connectivity index (χ3v) is 3.09. The van der Waals surface area contributed by atoms with Crippen LogP contribution in [0.1, 0.15) is 36.9 Å². The second kappa shape index (κ2) is 4.94. The summed E-state index contributed by atoms with van der Waals surface area (Å²) in [6.07, 6.45) is 1.81. The molecule has 0 saturated heterocycles. The molecule has 0 spiro atoms. The van der Waals surface area contributed by atoms with E-state index < -0.39 is 0 Å². The van der Waals surface area contributed by atoms with Gasteiger partial charge in [-0.05, 0) is 49.9 Å². The molecular formula is C13H20N2O2. The average Bonchev–Trinajstić information content (AvgIpc) is 2.71. The Hall–Kier alpha value is -1.26. The van der Waals surface area contributed by atoms with Crippen LogP contribution in [0.15, 0.2) is 12.1 Å². The first-order valence-electron chi connectivity index (χ1n) is 5.99. The quantitative estimate of drug-likeness (QED) is 0.837. The van der Waals surface area contributed by atoms with Crippen molar-refractivity contribution < 1.29 is 9.47 Å². The van der Waals surface area contributed by atoms with Crippen molar-refractivity contribution >= 4 is 0 Å².